The van der Waals surface area contributed by atoms with E-state index in [1.165, 1.54) is 0 Å². The second-order valence-corrected chi connectivity index (χ2v) is 8.32. The molecule has 0 saturated carbocycles. The van der Waals surface area contributed by atoms with Gasteiger partial charge in [0.05, 0.1) is 37.2 Å². The number of nitrogens with zero attached hydrogens (tertiary/aromatic N) is 2. The lowest BCUT2D eigenvalue weighted by Crippen LogP contribution is -2.46. The van der Waals surface area contributed by atoms with Gasteiger partial charge >= 0.3 is 0 Å². The molecule has 3 atom stereocenters. The van der Waals surface area contributed by atoms with Gasteiger partial charge in [-0.2, -0.15) is 4.31 Å². The summed E-state index contributed by atoms with van der Waals surface area (Å²) in [5.74, 6) is 0.161. The van der Waals surface area contributed by atoms with E-state index in [4.69, 9.17) is 9.47 Å². The van der Waals surface area contributed by atoms with Gasteiger partial charge in [0.15, 0.2) is 0 Å². The van der Waals surface area contributed by atoms with Gasteiger partial charge in [0, 0.05) is 18.9 Å². The van der Waals surface area contributed by atoms with E-state index in [1.54, 1.807) is 23.6 Å². The Morgan fingerprint density at radius 2 is 2.09 bits per heavy atom. The molecule has 0 N–H and O–H groups in total. The topological polar surface area (TPSA) is 68.7 Å². The minimum absolute atomic E-state index is 0.0106. The fourth-order valence-electron chi connectivity index (χ4n) is 3.38. The van der Waals surface area contributed by atoms with Crippen LogP contribution in [0, 0.1) is 0 Å². The average molecular weight is 340 g/mol. The SMILES string of the molecule is CCS(=O)(=O)N1CC[C@@H]2O[C@@H](COCc3ccncc3)CC[C@@H]21. The van der Waals surface area contributed by atoms with E-state index in [2.05, 4.69) is 4.98 Å². The third kappa shape index (κ3) is 3.91. The largest absolute Gasteiger partial charge is 0.374 e. The third-order valence-corrected chi connectivity index (χ3v) is 6.53. The molecule has 3 rings (SSSR count). The van der Waals surface area contributed by atoms with E-state index in [1.807, 2.05) is 12.1 Å². The molecular weight excluding hydrogens is 316 g/mol. The lowest BCUT2D eigenvalue weighted by molar-refractivity contribution is -0.0961. The minimum Gasteiger partial charge on any atom is -0.374 e. The van der Waals surface area contributed by atoms with Crippen LogP contribution in [-0.4, -0.2) is 54.9 Å². The maximum atomic E-state index is 12.1. The molecule has 0 bridgehead atoms. The van der Waals surface area contributed by atoms with Crippen LogP contribution in [0.25, 0.3) is 0 Å². The van der Waals surface area contributed by atoms with Crippen molar-refractivity contribution in [1.29, 1.82) is 0 Å². The predicted octanol–water partition coefficient (Wildman–Crippen LogP) is 1.57. The number of hydrogen-bond acceptors (Lipinski definition) is 5. The zero-order valence-electron chi connectivity index (χ0n) is 13.4. The summed E-state index contributed by atoms with van der Waals surface area (Å²) in [6, 6.07) is 3.88. The van der Waals surface area contributed by atoms with Crippen LogP contribution >= 0.6 is 0 Å². The molecule has 2 aliphatic rings. The van der Waals surface area contributed by atoms with E-state index in [9.17, 15) is 8.42 Å². The van der Waals surface area contributed by atoms with Crippen molar-refractivity contribution in [2.75, 3.05) is 18.9 Å². The highest BCUT2D eigenvalue weighted by Gasteiger charge is 2.44. The molecule has 1 aromatic heterocycles. The Kier molecular flexibility index (Phi) is 5.31. The molecule has 2 aliphatic heterocycles. The monoisotopic (exact) mass is 340 g/mol. The van der Waals surface area contributed by atoms with E-state index in [0.717, 1.165) is 24.8 Å². The van der Waals surface area contributed by atoms with Gasteiger partial charge in [-0.25, -0.2) is 8.42 Å². The molecule has 1 aromatic rings. The lowest BCUT2D eigenvalue weighted by Gasteiger charge is -2.35. The Morgan fingerprint density at radius 3 is 2.83 bits per heavy atom. The molecule has 6 nitrogen and oxygen atoms in total. The highest BCUT2D eigenvalue weighted by molar-refractivity contribution is 7.89. The maximum absolute atomic E-state index is 12.1. The first kappa shape index (κ1) is 16.8. The van der Waals surface area contributed by atoms with Gasteiger partial charge in [-0.3, -0.25) is 4.98 Å². The van der Waals surface area contributed by atoms with Crippen molar-refractivity contribution >= 4 is 10.0 Å². The van der Waals surface area contributed by atoms with E-state index < -0.39 is 10.0 Å². The van der Waals surface area contributed by atoms with E-state index in [0.29, 0.717) is 19.8 Å². The van der Waals surface area contributed by atoms with Crippen LogP contribution < -0.4 is 0 Å². The summed E-state index contributed by atoms with van der Waals surface area (Å²) >= 11 is 0. The molecule has 3 heterocycles. The molecule has 0 unspecified atom stereocenters. The van der Waals surface area contributed by atoms with Gasteiger partial charge in [-0.05, 0) is 43.9 Å². The number of hydrogen-bond donors (Lipinski definition) is 0. The van der Waals surface area contributed by atoms with Crippen LogP contribution in [0.3, 0.4) is 0 Å². The standard InChI is InChI=1S/C16H24N2O4S/c1-2-23(19,20)18-10-7-16-15(18)4-3-14(22-16)12-21-11-13-5-8-17-9-6-13/h5-6,8-9,14-16H,2-4,7,10-12H2,1H3/t14-,15+,16+/m1/s1. The molecule has 7 heteroatoms. The lowest BCUT2D eigenvalue weighted by atomic mass is 10.0. The molecule has 128 valence electrons. The van der Waals surface area contributed by atoms with Crippen LogP contribution in [-0.2, 0) is 26.1 Å². The molecule has 2 fully saturated rings. The fourth-order valence-corrected chi connectivity index (χ4v) is 4.75. The summed E-state index contributed by atoms with van der Waals surface area (Å²) in [7, 11) is -3.12. The van der Waals surface area contributed by atoms with Crippen molar-refractivity contribution in [3.05, 3.63) is 30.1 Å². The van der Waals surface area contributed by atoms with Gasteiger partial charge in [-0.1, -0.05) is 0 Å². The maximum Gasteiger partial charge on any atom is 0.214 e. The molecule has 23 heavy (non-hydrogen) atoms. The summed E-state index contributed by atoms with van der Waals surface area (Å²) in [5.41, 5.74) is 1.09. The first-order valence-electron chi connectivity index (χ1n) is 8.22. The number of aromatic nitrogens is 1. The average Bonchev–Trinajstić information content (AvgIpc) is 3.00. The number of ether oxygens (including phenoxy) is 2. The first-order chi connectivity index (χ1) is 11.1. The van der Waals surface area contributed by atoms with Gasteiger partial charge in [0.25, 0.3) is 0 Å². The van der Waals surface area contributed by atoms with Crippen molar-refractivity contribution in [2.45, 2.75) is 51.0 Å². The van der Waals surface area contributed by atoms with Gasteiger partial charge in [-0.15, -0.1) is 0 Å². The van der Waals surface area contributed by atoms with Crippen LogP contribution in [0.4, 0.5) is 0 Å². The number of rotatable bonds is 6. The summed E-state index contributed by atoms with van der Waals surface area (Å²) in [6.45, 7) is 3.37. The predicted molar refractivity (Wildman–Crippen MR) is 86.4 cm³/mol. The quantitative estimate of drug-likeness (QED) is 0.786. The number of sulfonamides is 1. The Bertz CT molecular complexity index is 608. The molecule has 0 aromatic carbocycles. The van der Waals surface area contributed by atoms with Crippen molar-refractivity contribution in [3.8, 4) is 0 Å². The van der Waals surface area contributed by atoms with Crippen LogP contribution in [0.5, 0.6) is 0 Å². The van der Waals surface area contributed by atoms with Crippen LogP contribution in [0.2, 0.25) is 0 Å². The van der Waals surface area contributed by atoms with Gasteiger partial charge in [0.2, 0.25) is 10.0 Å². The normalized spacial score (nSPS) is 28.7. The molecule has 0 aliphatic carbocycles. The highest BCUT2D eigenvalue weighted by Crippen LogP contribution is 2.33. The van der Waals surface area contributed by atoms with Crippen molar-refractivity contribution in [3.63, 3.8) is 0 Å². The smallest absolute Gasteiger partial charge is 0.214 e. The zero-order valence-corrected chi connectivity index (χ0v) is 14.2. The highest BCUT2D eigenvalue weighted by atomic mass is 32.2. The second kappa shape index (κ2) is 7.25. The molecular formula is C16H24N2O4S. The first-order valence-corrected chi connectivity index (χ1v) is 9.82. The third-order valence-electron chi connectivity index (χ3n) is 4.63. The van der Waals surface area contributed by atoms with Crippen molar-refractivity contribution in [1.82, 2.24) is 9.29 Å². The van der Waals surface area contributed by atoms with Crippen molar-refractivity contribution < 1.29 is 17.9 Å². The fraction of sp³-hybridized carbons (Fsp3) is 0.688. The van der Waals surface area contributed by atoms with E-state index in [-0.39, 0.29) is 24.0 Å². The van der Waals surface area contributed by atoms with Gasteiger partial charge in [0.1, 0.15) is 0 Å². The number of fused-ring (bicyclic) bond motifs is 1. The molecule has 0 radical (unpaired) electrons. The summed E-state index contributed by atoms with van der Waals surface area (Å²) in [5, 5.41) is 0. The summed E-state index contributed by atoms with van der Waals surface area (Å²) in [6.07, 6.45) is 6.05. The Morgan fingerprint density at radius 1 is 1.30 bits per heavy atom. The number of pyridine rings is 1. The van der Waals surface area contributed by atoms with E-state index >= 15 is 0 Å². The van der Waals surface area contributed by atoms with Crippen LogP contribution in [0.15, 0.2) is 24.5 Å². The Labute approximate surface area is 137 Å². The van der Waals surface area contributed by atoms with Crippen molar-refractivity contribution in [2.24, 2.45) is 0 Å². The molecule has 0 amide bonds. The Hall–Kier alpha value is -1.02. The van der Waals surface area contributed by atoms with Crippen LogP contribution in [0.1, 0.15) is 31.7 Å². The minimum atomic E-state index is -3.12. The summed E-state index contributed by atoms with van der Waals surface area (Å²) in [4.78, 5) is 3.98. The zero-order chi connectivity index (χ0) is 16.3. The molecule has 2 saturated heterocycles. The molecule has 0 spiro atoms. The summed E-state index contributed by atoms with van der Waals surface area (Å²) < 4.78 is 37.7. The van der Waals surface area contributed by atoms with Gasteiger partial charge < -0.3 is 9.47 Å². The Balaban J connectivity index is 1.48. The second-order valence-electron chi connectivity index (χ2n) is 6.11.